The quantitative estimate of drug-likeness (QED) is 0.509. The fourth-order valence-electron chi connectivity index (χ4n) is 4.34. The molecule has 0 aliphatic carbocycles. The van der Waals surface area contributed by atoms with Crippen molar-refractivity contribution in [2.75, 3.05) is 34.4 Å². The van der Waals surface area contributed by atoms with E-state index >= 15 is 0 Å². The van der Waals surface area contributed by atoms with Crippen molar-refractivity contribution < 1.29 is 23.5 Å². The summed E-state index contributed by atoms with van der Waals surface area (Å²) in [6, 6.07) is 15.1. The van der Waals surface area contributed by atoms with E-state index in [1.807, 2.05) is 41.3 Å². The van der Waals surface area contributed by atoms with Gasteiger partial charge in [0.15, 0.2) is 11.5 Å². The van der Waals surface area contributed by atoms with Gasteiger partial charge in [-0.05, 0) is 59.5 Å². The number of nitrogens with zero attached hydrogens (tertiary/aromatic N) is 2. The Morgan fingerprint density at radius 3 is 2.37 bits per heavy atom. The highest BCUT2D eigenvalue weighted by Gasteiger charge is 2.25. The van der Waals surface area contributed by atoms with Crippen LogP contribution in [0, 0.1) is 0 Å². The maximum Gasteiger partial charge on any atom is 0.251 e. The van der Waals surface area contributed by atoms with Gasteiger partial charge in [0.25, 0.3) is 5.91 Å². The third-order valence-corrected chi connectivity index (χ3v) is 6.24. The summed E-state index contributed by atoms with van der Waals surface area (Å²) in [5, 5.41) is 2.63. The minimum Gasteiger partial charge on any atom is -0.493 e. The molecule has 35 heavy (non-hydrogen) atoms. The zero-order valence-corrected chi connectivity index (χ0v) is 20.4. The largest absolute Gasteiger partial charge is 0.493 e. The van der Waals surface area contributed by atoms with E-state index in [4.69, 9.17) is 13.9 Å². The molecule has 0 unspecified atom stereocenters. The number of hydrogen-bond acceptors (Lipinski definition) is 6. The molecule has 0 saturated carbocycles. The maximum atomic E-state index is 13.3. The van der Waals surface area contributed by atoms with Crippen molar-refractivity contribution in [3.63, 3.8) is 0 Å². The van der Waals surface area contributed by atoms with Crippen molar-refractivity contribution in [2.45, 2.75) is 26.1 Å². The van der Waals surface area contributed by atoms with Crippen molar-refractivity contribution in [1.82, 2.24) is 15.1 Å². The smallest absolute Gasteiger partial charge is 0.251 e. The molecule has 2 aromatic carbocycles. The highest BCUT2D eigenvalue weighted by atomic mass is 16.5. The van der Waals surface area contributed by atoms with Crippen molar-refractivity contribution in [2.24, 2.45) is 0 Å². The Balaban J connectivity index is 1.47. The average molecular weight is 478 g/mol. The number of fused-ring (bicyclic) bond motifs is 1. The molecule has 0 radical (unpaired) electrons. The normalized spacial score (nSPS) is 12.9. The first-order chi connectivity index (χ1) is 17.0. The van der Waals surface area contributed by atoms with Crippen LogP contribution in [0.15, 0.2) is 59.2 Å². The van der Waals surface area contributed by atoms with Gasteiger partial charge in [0.2, 0.25) is 5.91 Å². The van der Waals surface area contributed by atoms with Crippen LogP contribution in [0.4, 0.5) is 0 Å². The van der Waals surface area contributed by atoms with Gasteiger partial charge in [0, 0.05) is 32.2 Å². The van der Waals surface area contributed by atoms with Gasteiger partial charge in [0.1, 0.15) is 5.76 Å². The van der Waals surface area contributed by atoms with Crippen LogP contribution in [-0.2, 0) is 30.8 Å². The lowest BCUT2D eigenvalue weighted by molar-refractivity contribution is -0.133. The second kappa shape index (κ2) is 11.1. The molecular formula is C27H31N3O5. The molecule has 1 N–H and O–H groups in total. The van der Waals surface area contributed by atoms with Gasteiger partial charge in [-0.25, -0.2) is 0 Å². The highest BCUT2D eigenvalue weighted by Crippen LogP contribution is 2.33. The van der Waals surface area contributed by atoms with Crippen LogP contribution in [0.1, 0.15) is 32.8 Å². The van der Waals surface area contributed by atoms with Crippen molar-refractivity contribution in [3.05, 3.63) is 82.8 Å². The summed E-state index contributed by atoms with van der Waals surface area (Å²) in [7, 11) is 4.85. The van der Waals surface area contributed by atoms with Crippen molar-refractivity contribution >= 4 is 11.8 Å². The minimum atomic E-state index is -0.126. The number of carbonyl (C=O) groups excluding carboxylic acids is 2. The van der Waals surface area contributed by atoms with Gasteiger partial charge >= 0.3 is 0 Å². The second-order valence-corrected chi connectivity index (χ2v) is 8.54. The minimum absolute atomic E-state index is 0.0546. The first-order valence-corrected chi connectivity index (χ1v) is 11.6. The van der Waals surface area contributed by atoms with Gasteiger partial charge in [-0.1, -0.05) is 12.1 Å². The number of carbonyl (C=O) groups is 2. The Labute approximate surface area is 205 Å². The third-order valence-electron chi connectivity index (χ3n) is 6.24. The summed E-state index contributed by atoms with van der Waals surface area (Å²) in [5.41, 5.74) is 3.86. The number of benzene rings is 2. The monoisotopic (exact) mass is 477 g/mol. The predicted molar refractivity (Wildman–Crippen MR) is 131 cm³/mol. The highest BCUT2D eigenvalue weighted by molar-refractivity contribution is 5.93. The van der Waals surface area contributed by atoms with E-state index in [0.29, 0.717) is 43.2 Å². The van der Waals surface area contributed by atoms with E-state index in [1.165, 1.54) is 5.56 Å². The number of ether oxygens (including phenoxy) is 2. The van der Waals surface area contributed by atoms with Crippen LogP contribution in [0.2, 0.25) is 0 Å². The number of amides is 2. The molecular weight excluding hydrogens is 446 g/mol. The zero-order valence-electron chi connectivity index (χ0n) is 20.4. The molecule has 8 heteroatoms. The van der Waals surface area contributed by atoms with Gasteiger partial charge in [0.05, 0.1) is 33.6 Å². The lowest BCUT2D eigenvalue weighted by Gasteiger charge is -2.31. The molecule has 1 aliphatic rings. The fraction of sp³-hybridized carbons (Fsp3) is 0.333. The first kappa shape index (κ1) is 24.3. The number of methoxy groups -OCH3 is 2. The molecule has 1 aromatic heterocycles. The molecule has 184 valence electrons. The predicted octanol–water partition coefficient (Wildman–Crippen LogP) is 3.24. The third kappa shape index (κ3) is 5.84. The molecule has 0 spiro atoms. The van der Waals surface area contributed by atoms with Crippen LogP contribution in [0.3, 0.4) is 0 Å². The molecule has 2 heterocycles. The standard InChI is InChI=1S/C27H31N3O5/c1-28-27(32)20-8-6-19(7-9-20)15-29(17-23-5-4-12-35-23)18-26(31)30-11-10-21-13-24(33-2)25(34-3)14-22(21)16-30/h4-9,12-14H,10-11,15-18H2,1-3H3,(H,28,32). The van der Waals surface area contributed by atoms with Crippen LogP contribution < -0.4 is 14.8 Å². The maximum absolute atomic E-state index is 13.3. The van der Waals surface area contributed by atoms with Crippen LogP contribution in [-0.4, -0.2) is 56.0 Å². The van der Waals surface area contributed by atoms with Crippen molar-refractivity contribution in [1.29, 1.82) is 0 Å². The van der Waals surface area contributed by atoms with E-state index in [9.17, 15) is 9.59 Å². The molecule has 0 atom stereocenters. The first-order valence-electron chi connectivity index (χ1n) is 11.6. The number of nitrogens with one attached hydrogen (secondary N) is 1. The summed E-state index contributed by atoms with van der Waals surface area (Å²) in [6.07, 6.45) is 2.40. The van der Waals surface area contributed by atoms with Gasteiger partial charge in [-0.15, -0.1) is 0 Å². The Morgan fingerprint density at radius 2 is 1.74 bits per heavy atom. The summed E-state index contributed by atoms with van der Waals surface area (Å²) >= 11 is 0. The average Bonchev–Trinajstić information content (AvgIpc) is 3.40. The Kier molecular flexibility index (Phi) is 7.72. The Bertz CT molecular complexity index is 1160. The number of furan rings is 1. The molecule has 2 amide bonds. The summed E-state index contributed by atoms with van der Waals surface area (Å²) in [4.78, 5) is 29.1. The van der Waals surface area contributed by atoms with E-state index in [0.717, 1.165) is 23.3 Å². The summed E-state index contributed by atoms with van der Waals surface area (Å²) in [5.74, 6) is 2.09. The fourth-order valence-corrected chi connectivity index (χ4v) is 4.34. The van der Waals surface area contributed by atoms with Gasteiger partial charge in [-0.3, -0.25) is 14.5 Å². The Morgan fingerprint density at radius 1 is 1.03 bits per heavy atom. The molecule has 4 rings (SSSR count). The van der Waals surface area contributed by atoms with Crippen LogP contribution in [0.5, 0.6) is 11.5 Å². The summed E-state index contributed by atoms with van der Waals surface area (Å²) < 4.78 is 16.4. The lowest BCUT2D eigenvalue weighted by atomic mass is 9.98. The molecule has 0 bridgehead atoms. The summed E-state index contributed by atoms with van der Waals surface area (Å²) in [6.45, 7) is 2.49. The molecule has 1 aliphatic heterocycles. The zero-order chi connectivity index (χ0) is 24.8. The van der Waals surface area contributed by atoms with Gasteiger partial charge < -0.3 is 24.1 Å². The molecule has 0 fully saturated rings. The van der Waals surface area contributed by atoms with Crippen LogP contribution >= 0.6 is 0 Å². The Hall–Kier alpha value is -3.78. The second-order valence-electron chi connectivity index (χ2n) is 8.54. The molecule has 3 aromatic rings. The van der Waals surface area contributed by atoms with E-state index in [1.54, 1.807) is 39.7 Å². The molecule has 8 nitrogen and oxygen atoms in total. The van der Waals surface area contributed by atoms with E-state index < -0.39 is 0 Å². The SMILES string of the molecule is CNC(=O)c1ccc(CN(CC(=O)N2CCc3cc(OC)c(OC)cc3C2)Cc2ccco2)cc1. The van der Waals surface area contributed by atoms with E-state index in [-0.39, 0.29) is 18.4 Å². The molecule has 0 saturated heterocycles. The topological polar surface area (TPSA) is 84.3 Å². The van der Waals surface area contributed by atoms with Crippen LogP contribution in [0.25, 0.3) is 0 Å². The van der Waals surface area contributed by atoms with Crippen molar-refractivity contribution in [3.8, 4) is 11.5 Å². The van der Waals surface area contributed by atoms with E-state index in [2.05, 4.69) is 10.2 Å². The lowest BCUT2D eigenvalue weighted by Crippen LogP contribution is -2.42. The number of rotatable bonds is 9. The van der Waals surface area contributed by atoms with Gasteiger partial charge in [-0.2, -0.15) is 0 Å². The number of hydrogen-bond donors (Lipinski definition) is 1.